The average Bonchev–Trinajstić information content (AvgIpc) is 2.20. The van der Waals surface area contributed by atoms with Gasteiger partial charge in [0.1, 0.15) is 0 Å². The van der Waals surface area contributed by atoms with Crippen LogP contribution in [-0.4, -0.2) is 10.8 Å². The van der Waals surface area contributed by atoms with Crippen molar-refractivity contribution >= 4 is 11.9 Å². The van der Waals surface area contributed by atoms with Crippen molar-refractivity contribution in [2.75, 3.05) is 0 Å². The molecular weight excluding hydrogens is 174 g/mol. The number of carbonyl (C=O) groups is 1. The fourth-order valence-corrected chi connectivity index (χ4v) is 1.22. The first-order chi connectivity index (χ1) is 6.65. The van der Waals surface area contributed by atoms with Crippen molar-refractivity contribution in [3.63, 3.8) is 0 Å². The van der Waals surface area contributed by atoms with Crippen LogP contribution in [0.3, 0.4) is 0 Å². The zero-order chi connectivity index (χ0) is 10.6. The van der Waals surface area contributed by atoms with Crippen molar-refractivity contribution in [3.8, 4) is 0 Å². The van der Waals surface area contributed by atoms with Gasteiger partial charge in [-0.15, -0.1) is 0 Å². The lowest BCUT2D eigenvalue weighted by molar-refractivity contribution is -0.115. The average molecular weight is 189 g/mol. The van der Waals surface area contributed by atoms with Crippen LogP contribution >= 0.6 is 0 Å². The summed E-state index contributed by atoms with van der Waals surface area (Å²) in [5.74, 6) is 0.188. The van der Waals surface area contributed by atoms with E-state index >= 15 is 0 Å². The zero-order valence-electron chi connectivity index (χ0n) is 8.87. The van der Waals surface area contributed by atoms with Crippen molar-refractivity contribution in [1.82, 2.24) is 4.98 Å². The summed E-state index contributed by atoms with van der Waals surface area (Å²) < 4.78 is 0. The molecule has 0 aliphatic heterocycles. The van der Waals surface area contributed by atoms with Crippen molar-refractivity contribution in [3.05, 3.63) is 35.2 Å². The van der Waals surface area contributed by atoms with Crippen LogP contribution < -0.4 is 0 Å². The van der Waals surface area contributed by atoms with Gasteiger partial charge in [-0.2, -0.15) is 0 Å². The number of aryl methyl sites for hydroxylation is 1. The summed E-state index contributed by atoms with van der Waals surface area (Å²) in [6, 6.07) is 1.94. The monoisotopic (exact) mass is 189 g/mol. The van der Waals surface area contributed by atoms with Gasteiger partial charge in [0.15, 0.2) is 5.78 Å². The highest BCUT2D eigenvalue weighted by Gasteiger charge is 2.01. The van der Waals surface area contributed by atoms with E-state index in [2.05, 4.69) is 4.98 Å². The number of hydrogen-bond acceptors (Lipinski definition) is 2. The molecule has 0 fully saturated rings. The summed E-state index contributed by atoms with van der Waals surface area (Å²) in [4.78, 5) is 15.4. The molecule has 0 aromatic carbocycles. The SMILES string of the molecule is CCC(=O)C(C)=Cc1cnccc1C. The number of Topliss-reactive ketones (excluding diaryl/α,β-unsaturated/α-hetero) is 1. The van der Waals surface area contributed by atoms with E-state index in [0.29, 0.717) is 6.42 Å². The molecule has 14 heavy (non-hydrogen) atoms. The Hall–Kier alpha value is -1.44. The highest BCUT2D eigenvalue weighted by Crippen LogP contribution is 2.11. The van der Waals surface area contributed by atoms with Crippen molar-refractivity contribution in [1.29, 1.82) is 0 Å². The number of pyridine rings is 1. The molecule has 2 nitrogen and oxygen atoms in total. The Morgan fingerprint density at radius 1 is 1.57 bits per heavy atom. The lowest BCUT2D eigenvalue weighted by Gasteiger charge is -2.00. The van der Waals surface area contributed by atoms with Crippen LogP contribution in [-0.2, 0) is 4.79 Å². The number of hydrogen-bond donors (Lipinski definition) is 0. The third-order valence-electron chi connectivity index (χ3n) is 2.21. The summed E-state index contributed by atoms with van der Waals surface area (Å²) in [6.45, 7) is 5.73. The molecule has 0 aliphatic carbocycles. The van der Waals surface area contributed by atoms with E-state index < -0.39 is 0 Å². The molecule has 0 radical (unpaired) electrons. The lowest BCUT2D eigenvalue weighted by Crippen LogP contribution is -1.96. The summed E-state index contributed by atoms with van der Waals surface area (Å²) >= 11 is 0. The van der Waals surface area contributed by atoms with E-state index in [-0.39, 0.29) is 5.78 Å². The third-order valence-corrected chi connectivity index (χ3v) is 2.21. The Labute approximate surface area is 84.7 Å². The first-order valence-corrected chi connectivity index (χ1v) is 4.77. The number of nitrogens with zero attached hydrogens (tertiary/aromatic N) is 1. The topological polar surface area (TPSA) is 30.0 Å². The normalized spacial score (nSPS) is 11.5. The van der Waals surface area contributed by atoms with Crippen LogP contribution in [0.15, 0.2) is 24.0 Å². The van der Waals surface area contributed by atoms with Gasteiger partial charge in [0.25, 0.3) is 0 Å². The van der Waals surface area contributed by atoms with Crippen LogP contribution in [0.1, 0.15) is 31.4 Å². The molecule has 0 saturated heterocycles. The van der Waals surface area contributed by atoms with Crippen LogP contribution in [0, 0.1) is 6.92 Å². The number of ketones is 1. The van der Waals surface area contributed by atoms with Gasteiger partial charge in [-0.1, -0.05) is 6.92 Å². The van der Waals surface area contributed by atoms with E-state index in [9.17, 15) is 4.79 Å². The molecule has 0 aliphatic rings. The Kier molecular flexibility index (Phi) is 3.57. The molecule has 0 amide bonds. The standard InChI is InChI=1S/C12H15NO/c1-4-12(14)10(3)7-11-8-13-6-5-9(11)2/h5-8H,4H2,1-3H3. The Balaban J connectivity index is 2.97. The van der Waals surface area contributed by atoms with Gasteiger partial charge >= 0.3 is 0 Å². The highest BCUT2D eigenvalue weighted by atomic mass is 16.1. The molecule has 1 heterocycles. The van der Waals surface area contributed by atoms with Crippen molar-refractivity contribution in [2.24, 2.45) is 0 Å². The van der Waals surface area contributed by atoms with Crippen LogP contribution in [0.2, 0.25) is 0 Å². The fourth-order valence-electron chi connectivity index (χ4n) is 1.22. The lowest BCUT2D eigenvalue weighted by atomic mass is 10.1. The molecule has 0 unspecified atom stereocenters. The van der Waals surface area contributed by atoms with Crippen molar-refractivity contribution in [2.45, 2.75) is 27.2 Å². The fraction of sp³-hybridized carbons (Fsp3) is 0.333. The van der Waals surface area contributed by atoms with Crippen LogP contribution in [0.4, 0.5) is 0 Å². The minimum absolute atomic E-state index is 0.188. The summed E-state index contributed by atoms with van der Waals surface area (Å²) in [7, 11) is 0. The maximum absolute atomic E-state index is 11.3. The van der Waals surface area contributed by atoms with Gasteiger partial charge in [0.2, 0.25) is 0 Å². The maximum atomic E-state index is 11.3. The van der Waals surface area contributed by atoms with E-state index in [1.54, 1.807) is 12.4 Å². The second-order valence-corrected chi connectivity index (χ2v) is 3.34. The largest absolute Gasteiger partial charge is 0.295 e. The van der Waals surface area contributed by atoms with Gasteiger partial charge < -0.3 is 0 Å². The number of allylic oxidation sites excluding steroid dienone is 1. The van der Waals surface area contributed by atoms with Crippen molar-refractivity contribution < 1.29 is 4.79 Å². The number of aromatic nitrogens is 1. The molecule has 0 N–H and O–H groups in total. The third kappa shape index (κ3) is 2.52. The molecule has 0 bridgehead atoms. The van der Waals surface area contributed by atoms with Gasteiger partial charge in [-0.3, -0.25) is 9.78 Å². The molecule has 74 valence electrons. The number of rotatable bonds is 3. The number of carbonyl (C=O) groups excluding carboxylic acids is 1. The van der Waals surface area contributed by atoms with Gasteiger partial charge in [0.05, 0.1) is 0 Å². The summed E-state index contributed by atoms with van der Waals surface area (Å²) in [5, 5.41) is 0. The molecule has 2 heteroatoms. The molecule has 1 aromatic heterocycles. The maximum Gasteiger partial charge on any atom is 0.158 e. The molecule has 0 spiro atoms. The van der Waals surface area contributed by atoms with Gasteiger partial charge in [-0.05, 0) is 42.7 Å². The molecular formula is C12H15NO. The minimum atomic E-state index is 0.188. The van der Waals surface area contributed by atoms with Gasteiger partial charge in [-0.25, -0.2) is 0 Å². The summed E-state index contributed by atoms with van der Waals surface area (Å²) in [5.41, 5.74) is 2.96. The van der Waals surface area contributed by atoms with E-state index in [1.165, 1.54) is 0 Å². The molecule has 1 aromatic rings. The predicted octanol–water partition coefficient (Wildman–Crippen LogP) is 2.77. The smallest absolute Gasteiger partial charge is 0.158 e. The highest BCUT2D eigenvalue weighted by molar-refractivity contribution is 5.98. The second-order valence-electron chi connectivity index (χ2n) is 3.34. The first-order valence-electron chi connectivity index (χ1n) is 4.77. The Bertz CT molecular complexity index is 366. The van der Waals surface area contributed by atoms with Gasteiger partial charge in [0, 0.05) is 18.8 Å². The quantitative estimate of drug-likeness (QED) is 0.684. The second kappa shape index (κ2) is 4.70. The Morgan fingerprint density at radius 2 is 2.29 bits per heavy atom. The predicted molar refractivity (Wildman–Crippen MR) is 57.9 cm³/mol. The van der Waals surface area contributed by atoms with Crippen LogP contribution in [0.25, 0.3) is 6.08 Å². The van der Waals surface area contributed by atoms with E-state index in [1.807, 2.05) is 32.9 Å². The first kappa shape index (κ1) is 10.6. The summed E-state index contributed by atoms with van der Waals surface area (Å²) in [6.07, 6.45) is 5.99. The molecule has 0 saturated carbocycles. The van der Waals surface area contributed by atoms with Crippen LogP contribution in [0.5, 0.6) is 0 Å². The molecule has 1 rings (SSSR count). The minimum Gasteiger partial charge on any atom is -0.295 e. The molecule has 0 atom stereocenters. The zero-order valence-corrected chi connectivity index (χ0v) is 8.87. The van der Waals surface area contributed by atoms with E-state index in [0.717, 1.165) is 16.7 Å². The Morgan fingerprint density at radius 3 is 2.86 bits per heavy atom. The van der Waals surface area contributed by atoms with E-state index in [4.69, 9.17) is 0 Å².